The molecule has 1 fully saturated rings. The van der Waals surface area contributed by atoms with Gasteiger partial charge >= 0.3 is 0 Å². The highest BCUT2D eigenvalue weighted by molar-refractivity contribution is 7.22. The Morgan fingerprint density at radius 1 is 0.917 bits per heavy atom. The SMILES string of the molecule is Cc1c(Cl)ccc2sc(N3CCN(c4ccc(Cl)cc4)CC3)nc12. The van der Waals surface area contributed by atoms with Gasteiger partial charge in [0, 0.05) is 41.9 Å². The number of hydrogen-bond acceptors (Lipinski definition) is 4. The molecule has 0 radical (unpaired) electrons. The van der Waals surface area contributed by atoms with Gasteiger partial charge < -0.3 is 9.80 Å². The summed E-state index contributed by atoms with van der Waals surface area (Å²) in [6, 6.07) is 12.1. The molecule has 24 heavy (non-hydrogen) atoms. The van der Waals surface area contributed by atoms with E-state index in [2.05, 4.69) is 28.0 Å². The highest BCUT2D eigenvalue weighted by Crippen LogP contribution is 2.34. The van der Waals surface area contributed by atoms with Gasteiger partial charge in [-0.2, -0.15) is 0 Å². The number of thiazole rings is 1. The van der Waals surface area contributed by atoms with Crippen LogP contribution in [0.15, 0.2) is 36.4 Å². The first kappa shape index (κ1) is 16.0. The zero-order chi connectivity index (χ0) is 16.7. The van der Waals surface area contributed by atoms with E-state index in [0.717, 1.165) is 52.4 Å². The maximum Gasteiger partial charge on any atom is 0.186 e. The molecule has 0 aliphatic carbocycles. The van der Waals surface area contributed by atoms with Gasteiger partial charge in [0.05, 0.1) is 10.2 Å². The van der Waals surface area contributed by atoms with Crippen molar-refractivity contribution >= 4 is 55.6 Å². The summed E-state index contributed by atoms with van der Waals surface area (Å²) in [6.07, 6.45) is 0. The van der Waals surface area contributed by atoms with Crippen molar-refractivity contribution in [1.82, 2.24) is 4.98 Å². The van der Waals surface area contributed by atoms with E-state index >= 15 is 0 Å². The zero-order valence-electron chi connectivity index (χ0n) is 13.3. The molecule has 2 aromatic carbocycles. The third-order valence-electron chi connectivity index (χ3n) is 4.48. The smallest absolute Gasteiger partial charge is 0.186 e. The van der Waals surface area contributed by atoms with Crippen molar-refractivity contribution in [2.24, 2.45) is 0 Å². The van der Waals surface area contributed by atoms with E-state index < -0.39 is 0 Å². The maximum atomic E-state index is 6.22. The molecule has 4 rings (SSSR count). The first-order valence-electron chi connectivity index (χ1n) is 7.93. The van der Waals surface area contributed by atoms with E-state index in [1.54, 1.807) is 11.3 Å². The van der Waals surface area contributed by atoms with Crippen LogP contribution >= 0.6 is 34.5 Å². The van der Waals surface area contributed by atoms with Gasteiger partial charge in [-0.3, -0.25) is 0 Å². The van der Waals surface area contributed by atoms with Crippen LogP contribution in [0, 0.1) is 6.92 Å². The van der Waals surface area contributed by atoms with Gasteiger partial charge in [-0.05, 0) is 48.9 Å². The van der Waals surface area contributed by atoms with Crippen molar-refractivity contribution < 1.29 is 0 Å². The van der Waals surface area contributed by atoms with Crippen LogP contribution in [0.3, 0.4) is 0 Å². The molecular formula is C18H17Cl2N3S. The fourth-order valence-electron chi connectivity index (χ4n) is 3.03. The molecule has 0 saturated carbocycles. The first-order chi connectivity index (χ1) is 11.6. The van der Waals surface area contributed by atoms with Crippen LogP contribution in [-0.4, -0.2) is 31.2 Å². The summed E-state index contributed by atoms with van der Waals surface area (Å²) in [7, 11) is 0. The number of anilines is 2. The van der Waals surface area contributed by atoms with Crippen LogP contribution in [0.1, 0.15) is 5.56 Å². The summed E-state index contributed by atoms with van der Waals surface area (Å²) >= 11 is 13.9. The molecular weight excluding hydrogens is 361 g/mol. The molecule has 124 valence electrons. The average molecular weight is 378 g/mol. The number of halogens is 2. The van der Waals surface area contributed by atoms with Gasteiger partial charge in [0.25, 0.3) is 0 Å². The highest BCUT2D eigenvalue weighted by Gasteiger charge is 2.20. The van der Waals surface area contributed by atoms with E-state index in [9.17, 15) is 0 Å². The van der Waals surface area contributed by atoms with E-state index in [1.807, 2.05) is 25.1 Å². The van der Waals surface area contributed by atoms with Crippen molar-refractivity contribution in [2.75, 3.05) is 36.0 Å². The summed E-state index contributed by atoms with van der Waals surface area (Å²) in [5.74, 6) is 0. The summed E-state index contributed by atoms with van der Waals surface area (Å²) in [5.41, 5.74) is 3.32. The van der Waals surface area contributed by atoms with E-state index in [-0.39, 0.29) is 0 Å². The summed E-state index contributed by atoms with van der Waals surface area (Å²) in [5, 5.41) is 2.65. The third kappa shape index (κ3) is 2.94. The van der Waals surface area contributed by atoms with Crippen LogP contribution < -0.4 is 9.80 Å². The van der Waals surface area contributed by atoms with Crippen molar-refractivity contribution in [3.05, 3.63) is 52.0 Å². The molecule has 0 N–H and O–H groups in total. The van der Waals surface area contributed by atoms with Crippen LogP contribution in [0.5, 0.6) is 0 Å². The lowest BCUT2D eigenvalue weighted by atomic mass is 10.2. The quantitative estimate of drug-likeness (QED) is 0.608. The fraction of sp³-hybridized carbons (Fsp3) is 0.278. The minimum Gasteiger partial charge on any atom is -0.368 e. The molecule has 0 unspecified atom stereocenters. The molecule has 1 aliphatic heterocycles. The monoisotopic (exact) mass is 377 g/mol. The third-order valence-corrected chi connectivity index (χ3v) is 6.22. The van der Waals surface area contributed by atoms with Gasteiger partial charge in [-0.15, -0.1) is 0 Å². The second-order valence-corrected chi connectivity index (χ2v) is 7.82. The lowest BCUT2D eigenvalue weighted by molar-refractivity contribution is 0.652. The molecule has 0 atom stereocenters. The Balaban J connectivity index is 1.51. The Morgan fingerprint density at radius 3 is 2.29 bits per heavy atom. The molecule has 6 heteroatoms. The normalized spacial score (nSPS) is 15.3. The van der Waals surface area contributed by atoms with Crippen LogP contribution in [0.25, 0.3) is 10.2 Å². The van der Waals surface area contributed by atoms with Crippen molar-refractivity contribution in [3.8, 4) is 0 Å². The van der Waals surface area contributed by atoms with Crippen molar-refractivity contribution in [2.45, 2.75) is 6.92 Å². The summed E-state index contributed by atoms with van der Waals surface area (Å²) in [4.78, 5) is 9.59. The fourth-order valence-corrected chi connectivity index (χ4v) is 4.39. The molecule has 0 spiro atoms. The van der Waals surface area contributed by atoms with Crippen LogP contribution in [0.4, 0.5) is 10.8 Å². The number of piperazine rings is 1. The Bertz CT molecular complexity index is 868. The second-order valence-electron chi connectivity index (χ2n) is 5.97. The zero-order valence-corrected chi connectivity index (χ0v) is 15.6. The molecule has 1 saturated heterocycles. The number of aryl methyl sites for hydroxylation is 1. The lowest BCUT2D eigenvalue weighted by Crippen LogP contribution is -2.46. The Kier molecular flexibility index (Phi) is 4.29. The topological polar surface area (TPSA) is 19.4 Å². The van der Waals surface area contributed by atoms with Gasteiger partial charge in [-0.25, -0.2) is 4.98 Å². The second kappa shape index (κ2) is 6.43. The standard InChI is InChI=1S/C18H17Cl2N3S/c1-12-15(20)6-7-16-17(12)21-18(24-16)23-10-8-22(9-11-23)14-4-2-13(19)3-5-14/h2-7H,8-11H2,1H3. The van der Waals surface area contributed by atoms with Gasteiger partial charge in [0.15, 0.2) is 5.13 Å². The summed E-state index contributed by atoms with van der Waals surface area (Å²) in [6.45, 7) is 5.94. The first-order valence-corrected chi connectivity index (χ1v) is 9.50. The molecule has 1 aliphatic rings. The number of benzene rings is 2. The predicted octanol–water partition coefficient (Wildman–Crippen LogP) is 5.24. The largest absolute Gasteiger partial charge is 0.368 e. The highest BCUT2D eigenvalue weighted by atomic mass is 35.5. The molecule has 2 heterocycles. The Labute approximate surface area is 155 Å². The van der Waals surface area contributed by atoms with E-state index in [4.69, 9.17) is 28.2 Å². The van der Waals surface area contributed by atoms with Crippen LogP contribution in [0.2, 0.25) is 10.0 Å². The van der Waals surface area contributed by atoms with E-state index in [0.29, 0.717) is 0 Å². The molecule has 0 amide bonds. The minimum atomic E-state index is 0.779. The lowest BCUT2D eigenvalue weighted by Gasteiger charge is -2.36. The summed E-state index contributed by atoms with van der Waals surface area (Å²) < 4.78 is 1.20. The maximum absolute atomic E-state index is 6.22. The minimum absolute atomic E-state index is 0.779. The number of nitrogens with zero attached hydrogens (tertiary/aromatic N) is 3. The van der Waals surface area contributed by atoms with Crippen LogP contribution in [-0.2, 0) is 0 Å². The van der Waals surface area contributed by atoms with Crippen molar-refractivity contribution in [3.63, 3.8) is 0 Å². The molecule has 3 nitrogen and oxygen atoms in total. The number of rotatable bonds is 2. The van der Waals surface area contributed by atoms with Gasteiger partial charge in [0.1, 0.15) is 0 Å². The molecule has 3 aromatic rings. The van der Waals surface area contributed by atoms with E-state index in [1.165, 1.54) is 10.4 Å². The molecule has 0 bridgehead atoms. The van der Waals surface area contributed by atoms with Gasteiger partial charge in [0.2, 0.25) is 0 Å². The average Bonchev–Trinajstić information content (AvgIpc) is 3.04. The number of aromatic nitrogens is 1. The van der Waals surface area contributed by atoms with Crippen molar-refractivity contribution in [1.29, 1.82) is 0 Å². The molecule has 1 aromatic heterocycles. The predicted molar refractivity (Wildman–Crippen MR) is 105 cm³/mol. The number of fused-ring (bicyclic) bond motifs is 1. The Morgan fingerprint density at radius 2 is 1.58 bits per heavy atom. The van der Waals surface area contributed by atoms with Gasteiger partial charge in [-0.1, -0.05) is 34.5 Å². The number of hydrogen-bond donors (Lipinski definition) is 0. The Hall–Kier alpha value is -1.49.